The molecule has 0 bridgehead atoms. The first-order valence-corrected chi connectivity index (χ1v) is 6.25. The number of rotatable bonds is 5. The van der Waals surface area contributed by atoms with Gasteiger partial charge in [0.25, 0.3) is 0 Å². The van der Waals surface area contributed by atoms with E-state index in [2.05, 4.69) is 15.9 Å². The summed E-state index contributed by atoms with van der Waals surface area (Å²) in [6, 6.07) is 6.52. The molecule has 0 saturated carbocycles. The van der Waals surface area contributed by atoms with Crippen molar-refractivity contribution in [2.75, 3.05) is 26.7 Å². The van der Waals surface area contributed by atoms with Crippen molar-refractivity contribution < 1.29 is 22.7 Å². The van der Waals surface area contributed by atoms with Gasteiger partial charge in [-0.25, -0.2) is 4.79 Å². The minimum Gasteiger partial charge on any atom is -0.461 e. The van der Waals surface area contributed by atoms with E-state index in [0.29, 0.717) is 5.56 Å². The smallest absolute Gasteiger partial charge is 0.401 e. The summed E-state index contributed by atoms with van der Waals surface area (Å²) in [6.45, 7) is -1.08. The number of likely N-dealkylation sites (N-methyl/N-ethyl adjacent to an activating group) is 1. The largest absolute Gasteiger partial charge is 0.461 e. The second kappa shape index (κ2) is 6.91. The second-order valence-electron chi connectivity index (χ2n) is 4.00. The second-order valence-corrected chi connectivity index (χ2v) is 4.91. The van der Waals surface area contributed by atoms with Crippen LogP contribution >= 0.6 is 15.9 Å². The van der Waals surface area contributed by atoms with Crippen LogP contribution in [0.2, 0.25) is 0 Å². The van der Waals surface area contributed by atoms with Crippen molar-refractivity contribution in [2.45, 2.75) is 6.18 Å². The molecule has 106 valence electrons. The molecule has 0 aliphatic rings. The molecular formula is C12H13BrF3NO2. The Kier molecular flexibility index (Phi) is 5.81. The maximum atomic E-state index is 12.0. The summed E-state index contributed by atoms with van der Waals surface area (Å²) in [5, 5.41) is 0. The predicted octanol–water partition coefficient (Wildman–Crippen LogP) is 3.10. The normalized spacial score (nSPS) is 11.7. The molecule has 7 heteroatoms. The molecule has 19 heavy (non-hydrogen) atoms. The van der Waals surface area contributed by atoms with Crippen LogP contribution < -0.4 is 0 Å². The third kappa shape index (κ3) is 6.58. The SMILES string of the molecule is CN(CCOC(=O)c1ccc(Br)cc1)CC(F)(F)F. The number of carbonyl (C=O) groups is 1. The summed E-state index contributed by atoms with van der Waals surface area (Å²) in [7, 11) is 1.32. The molecule has 0 heterocycles. The van der Waals surface area contributed by atoms with Crippen molar-refractivity contribution in [3.05, 3.63) is 34.3 Å². The van der Waals surface area contributed by atoms with Gasteiger partial charge in [0.1, 0.15) is 6.61 Å². The van der Waals surface area contributed by atoms with Crippen molar-refractivity contribution in [2.24, 2.45) is 0 Å². The van der Waals surface area contributed by atoms with Crippen LogP contribution in [0.5, 0.6) is 0 Å². The van der Waals surface area contributed by atoms with Crippen molar-refractivity contribution in [3.63, 3.8) is 0 Å². The van der Waals surface area contributed by atoms with Crippen molar-refractivity contribution in [1.29, 1.82) is 0 Å². The summed E-state index contributed by atoms with van der Waals surface area (Å²) < 4.78 is 41.8. The minimum absolute atomic E-state index is 0.0295. The first kappa shape index (κ1) is 16.0. The number of hydrogen-bond acceptors (Lipinski definition) is 3. The van der Waals surface area contributed by atoms with Gasteiger partial charge in [-0.15, -0.1) is 0 Å². The maximum Gasteiger partial charge on any atom is 0.401 e. The molecule has 0 saturated heterocycles. The Labute approximate surface area is 117 Å². The van der Waals surface area contributed by atoms with Gasteiger partial charge >= 0.3 is 12.1 Å². The van der Waals surface area contributed by atoms with Gasteiger partial charge in [-0.05, 0) is 31.3 Å². The number of ether oxygens (including phenoxy) is 1. The first-order valence-electron chi connectivity index (χ1n) is 5.46. The highest BCUT2D eigenvalue weighted by atomic mass is 79.9. The summed E-state index contributed by atoms with van der Waals surface area (Å²) >= 11 is 3.23. The molecule has 0 spiro atoms. The summed E-state index contributed by atoms with van der Waals surface area (Å²) in [4.78, 5) is 12.6. The Morgan fingerprint density at radius 2 is 1.89 bits per heavy atom. The van der Waals surface area contributed by atoms with E-state index in [9.17, 15) is 18.0 Å². The molecular weight excluding hydrogens is 327 g/mol. The Bertz CT molecular complexity index is 420. The van der Waals surface area contributed by atoms with Crippen molar-refractivity contribution >= 4 is 21.9 Å². The lowest BCUT2D eigenvalue weighted by Crippen LogP contribution is -2.33. The molecule has 0 amide bonds. The van der Waals surface area contributed by atoms with Crippen LogP contribution in [-0.4, -0.2) is 43.8 Å². The number of esters is 1. The number of benzene rings is 1. The number of alkyl halides is 3. The lowest BCUT2D eigenvalue weighted by atomic mass is 10.2. The fourth-order valence-corrected chi connectivity index (χ4v) is 1.61. The van der Waals surface area contributed by atoms with Crippen LogP contribution in [0.4, 0.5) is 13.2 Å². The standard InChI is InChI=1S/C12H13BrF3NO2/c1-17(8-12(14,15)16)6-7-19-11(18)9-2-4-10(13)5-3-9/h2-5H,6-8H2,1H3. The van der Waals surface area contributed by atoms with Crippen LogP contribution in [0.1, 0.15) is 10.4 Å². The van der Waals surface area contributed by atoms with Crippen molar-refractivity contribution in [1.82, 2.24) is 4.90 Å². The Balaban J connectivity index is 2.33. The minimum atomic E-state index is -4.25. The highest BCUT2D eigenvalue weighted by molar-refractivity contribution is 9.10. The van der Waals surface area contributed by atoms with Gasteiger partial charge in [0.05, 0.1) is 12.1 Å². The highest BCUT2D eigenvalue weighted by Gasteiger charge is 2.28. The fourth-order valence-electron chi connectivity index (χ4n) is 1.35. The van der Waals surface area contributed by atoms with Gasteiger partial charge in [-0.3, -0.25) is 4.90 Å². The van der Waals surface area contributed by atoms with E-state index in [4.69, 9.17) is 4.74 Å². The molecule has 0 fully saturated rings. The molecule has 0 aromatic heterocycles. The first-order chi connectivity index (χ1) is 8.78. The number of carbonyl (C=O) groups excluding carboxylic acids is 1. The predicted molar refractivity (Wildman–Crippen MR) is 68.0 cm³/mol. The highest BCUT2D eigenvalue weighted by Crippen LogP contribution is 2.15. The molecule has 0 unspecified atom stereocenters. The van der Waals surface area contributed by atoms with E-state index >= 15 is 0 Å². The van der Waals surface area contributed by atoms with Gasteiger partial charge in [-0.2, -0.15) is 13.2 Å². The van der Waals surface area contributed by atoms with Crippen LogP contribution in [0.3, 0.4) is 0 Å². The van der Waals surface area contributed by atoms with E-state index < -0.39 is 18.7 Å². The quantitative estimate of drug-likeness (QED) is 0.772. The van der Waals surface area contributed by atoms with E-state index in [1.165, 1.54) is 7.05 Å². The summed E-state index contributed by atoms with van der Waals surface area (Å²) in [5.41, 5.74) is 0.363. The van der Waals surface area contributed by atoms with Crippen molar-refractivity contribution in [3.8, 4) is 0 Å². The lowest BCUT2D eigenvalue weighted by Gasteiger charge is -2.18. The monoisotopic (exact) mass is 339 g/mol. The van der Waals surface area contributed by atoms with E-state index in [0.717, 1.165) is 9.37 Å². The van der Waals surface area contributed by atoms with Gasteiger partial charge < -0.3 is 4.74 Å². The molecule has 0 atom stereocenters. The molecule has 1 rings (SSSR count). The molecule has 1 aromatic carbocycles. The van der Waals surface area contributed by atoms with Gasteiger partial charge in [0, 0.05) is 11.0 Å². The average molecular weight is 340 g/mol. The molecule has 3 nitrogen and oxygen atoms in total. The molecule has 0 aliphatic carbocycles. The van der Waals surface area contributed by atoms with Crippen LogP contribution in [0.25, 0.3) is 0 Å². The van der Waals surface area contributed by atoms with E-state index in [-0.39, 0.29) is 13.2 Å². The Hall–Kier alpha value is -1.08. The third-order valence-electron chi connectivity index (χ3n) is 2.24. The van der Waals surface area contributed by atoms with Crippen LogP contribution in [0.15, 0.2) is 28.7 Å². The number of halogens is 4. The van der Waals surface area contributed by atoms with E-state index in [1.54, 1.807) is 24.3 Å². The number of nitrogens with zero attached hydrogens (tertiary/aromatic N) is 1. The van der Waals surface area contributed by atoms with Gasteiger partial charge in [-0.1, -0.05) is 15.9 Å². The van der Waals surface area contributed by atoms with E-state index in [1.807, 2.05) is 0 Å². The molecule has 0 N–H and O–H groups in total. The zero-order valence-corrected chi connectivity index (χ0v) is 11.8. The topological polar surface area (TPSA) is 29.5 Å². The third-order valence-corrected chi connectivity index (χ3v) is 2.76. The zero-order chi connectivity index (χ0) is 14.5. The maximum absolute atomic E-state index is 12.0. The molecule has 1 aromatic rings. The lowest BCUT2D eigenvalue weighted by molar-refractivity contribution is -0.143. The fraction of sp³-hybridized carbons (Fsp3) is 0.417. The molecule has 0 aliphatic heterocycles. The Morgan fingerprint density at radius 1 is 1.32 bits per heavy atom. The van der Waals surface area contributed by atoms with Crippen LogP contribution in [-0.2, 0) is 4.74 Å². The number of hydrogen-bond donors (Lipinski definition) is 0. The summed E-state index contributed by atoms with van der Waals surface area (Å²) in [6.07, 6.45) is -4.25. The molecule has 0 radical (unpaired) electrons. The zero-order valence-electron chi connectivity index (χ0n) is 10.2. The van der Waals surface area contributed by atoms with Crippen LogP contribution in [0, 0.1) is 0 Å². The average Bonchev–Trinajstić information content (AvgIpc) is 2.27. The Morgan fingerprint density at radius 3 is 2.42 bits per heavy atom. The summed E-state index contributed by atoms with van der Waals surface area (Å²) in [5.74, 6) is -0.548. The van der Waals surface area contributed by atoms with Gasteiger partial charge in [0.15, 0.2) is 0 Å². The van der Waals surface area contributed by atoms with Gasteiger partial charge in [0.2, 0.25) is 0 Å².